The van der Waals surface area contributed by atoms with Gasteiger partial charge in [0.2, 0.25) is 0 Å². The number of halogens is 1. The third-order valence-electron chi connectivity index (χ3n) is 2.96. The summed E-state index contributed by atoms with van der Waals surface area (Å²) in [6.07, 6.45) is 2.69. The normalized spacial score (nSPS) is 24.7. The summed E-state index contributed by atoms with van der Waals surface area (Å²) in [5.41, 5.74) is 2.47. The number of aryl methyl sites for hydroxylation is 1. The van der Waals surface area contributed by atoms with Crippen molar-refractivity contribution in [3.05, 3.63) is 28.2 Å². The number of anilines is 1. The second-order valence-electron chi connectivity index (χ2n) is 4.13. The Morgan fingerprint density at radius 3 is 2.73 bits per heavy atom. The Morgan fingerprint density at radius 2 is 2.13 bits per heavy atom. The van der Waals surface area contributed by atoms with Gasteiger partial charge in [0.15, 0.2) is 0 Å². The van der Waals surface area contributed by atoms with Gasteiger partial charge in [-0.15, -0.1) is 0 Å². The van der Waals surface area contributed by atoms with Crippen LogP contribution in [-0.4, -0.2) is 19.3 Å². The maximum Gasteiger partial charge on any atom is 0.0610 e. The zero-order valence-corrected chi connectivity index (χ0v) is 10.7. The van der Waals surface area contributed by atoms with E-state index in [9.17, 15) is 0 Å². The molecular weight excluding hydrogens is 254 g/mol. The number of nitrogens with one attached hydrogen (secondary N) is 1. The van der Waals surface area contributed by atoms with Crippen molar-refractivity contribution < 1.29 is 4.74 Å². The zero-order chi connectivity index (χ0) is 10.8. The lowest BCUT2D eigenvalue weighted by Crippen LogP contribution is -2.40. The Hall–Kier alpha value is -0.540. The quantitative estimate of drug-likeness (QED) is 0.909. The highest BCUT2D eigenvalue weighted by atomic mass is 79.9. The minimum atomic E-state index is 0.457. The monoisotopic (exact) mass is 269 g/mol. The van der Waals surface area contributed by atoms with Gasteiger partial charge in [0.05, 0.1) is 6.10 Å². The van der Waals surface area contributed by atoms with Crippen LogP contribution in [0.1, 0.15) is 18.4 Å². The van der Waals surface area contributed by atoms with Crippen LogP contribution in [0.15, 0.2) is 22.7 Å². The third-order valence-corrected chi connectivity index (χ3v) is 3.85. The highest BCUT2D eigenvalue weighted by molar-refractivity contribution is 9.10. The van der Waals surface area contributed by atoms with E-state index in [0.717, 1.165) is 17.3 Å². The zero-order valence-electron chi connectivity index (χ0n) is 9.09. The van der Waals surface area contributed by atoms with Crippen LogP contribution in [0.5, 0.6) is 0 Å². The van der Waals surface area contributed by atoms with Crippen LogP contribution in [0, 0.1) is 6.92 Å². The Morgan fingerprint density at radius 1 is 1.40 bits per heavy atom. The van der Waals surface area contributed by atoms with Crippen molar-refractivity contribution >= 4 is 21.6 Å². The summed E-state index contributed by atoms with van der Waals surface area (Å²) in [5, 5.41) is 3.51. The Labute approximate surface area is 99.1 Å². The van der Waals surface area contributed by atoms with Gasteiger partial charge in [0.1, 0.15) is 0 Å². The number of methoxy groups -OCH3 is 1. The predicted octanol–water partition coefficient (Wildman–Crippen LogP) is 3.35. The molecule has 15 heavy (non-hydrogen) atoms. The van der Waals surface area contributed by atoms with E-state index < -0.39 is 0 Å². The van der Waals surface area contributed by atoms with Gasteiger partial charge in [-0.05, 0) is 43.5 Å². The second kappa shape index (κ2) is 4.54. The summed E-state index contributed by atoms with van der Waals surface area (Å²) >= 11 is 3.50. The van der Waals surface area contributed by atoms with E-state index in [4.69, 9.17) is 4.74 Å². The first-order valence-electron chi connectivity index (χ1n) is 5.24. The molecule has 1 fully saturated rings. The van der Waals surface area contributed by atoms with E-state index in [2.05, 4.69) is 46.4 Å². The fraction of sp³-hybridized carbons (Fsp3) is 0.500. The van der Waals surface area contributed by atoms with Crippen molar-refractivity contribution in [3.8, 4) is 0 Å². The molecule has 0 radical (unpaired) electrons. The van der Waals surface area contributed by atoms with Gasteiger partial charge < -0.3 is 10.1 Å². The van der Waals surface area contributed by atoms with Crippen molar-refractivity contribution in [1.82, 2.24) is 0 Å². The average molecular weight is 270 g/mol. The van der Waals surface area contributed by atoms with Crippen LogP contribution in [0.2, 0.25) is 0 Å². The predicted molar refractivity (Wildman–Crippen MR) is 66.3 cm³/mol. The molecule has 0 bridgehead atoms. The first-order chi connectivity index (χ1) is 7.19. The van der Waals surface area contributed by atoms with Gasteiger partial charge in [0, 0.05) is 23.3 Å². The SMILES string of the molecule is COC1CC(Nc2ccc(Br)c(C)c2)C1. The van der Waals surface area contributed by atoms with E-state index in [0.29, 0.717) is 12.1 Å². The molecule has 0 heterocycles. The van der Waals surface area contributed by atoms with Crippen LogP contribution < -0.4 is 5.32 Å². The smallest absolute Gasteiger partial charge is 0.0610 e. The van der Waals surface area contributed by atoms with Crippen molar-refractivity contribution in [2.45, 2.75) is 31.9 Å². The minimum absolute atomic E-state index is 0.457. The molecule has 82 valence electrons. The van der Waals surface area contributed by atoms with E-state index in [1.165, 1.54) is 11.3 Å². The van der Waals surface area contributed by atoms with Gasteiger partial charge >= 0.3 is 0 Å². The van der Waals surface area contributed by atoms with Gasteiger partial charge in [-0.1, -0.05) is 15.9 Å². The maximum atomic E-state index is 5.25. The van der Waals surface area contributed by atoms with Crippen molar-refractivity contribution in [1.29, 1.82) is 0 Å². The summed E-state index contributed by atoms with van der Waals surface area (Å²) < 4.78 is 6.41. The first kappa shape index (κ1) is 11.0. The van der Waals surface area contributed by atoms with Crippen LogP contribution in [0.25, 0.3) is 0 Å². The fourth-order valence-electron chi connectivity index (χ4n) is 1.85. The molecule has 1 aromatic rings. The van der Waals surface area contributed by atoms with Crippen LogP contribution in [0.4, 0.5) is 5.69 Å². The summed E-state index contributed by atoms with van der Waals surface area (Å²) in [6.45, 7) is 2.11. The summed E-state index contributed by atoms with van der Waals surface area (Å²) in [6, 6.07) is 6.95. The minimum Gasteiger partial charge on any atom is -0.382 e. The second-order valence-corrected chi connectivity index (χ2v) is 4.99. The fourth-order valence-corrected chi connectivity index (χ4v) is 2.09. The Balaban J connectivity index is 1.92. The molecule has 1 saturated carbocycles. The summed E-state index contributed by atoms with van der Waals surface area (Å²) in [4.78, 5) is 0. The van der Waals surface area contributed by atoms with Gasteiger partial charge in [-0.3, -0.25) is 0 Å². The van der Waals surface area contributed by atoms with Crippen LogP contribution >= 0.6 is 15.9 Å². The first-order valence-corrected chi connectivity index (χ1v) is 6.04. The third kappa shape index (κ3) is 2.52. The highest BCUT2D eigenvalue weighted by Gasteiger charge is 2.28. The molecule has 0 atom stereocenters. The standard InChI is InChI=1S/C12H16BrNO/c1-8-5-9(3-4-12(8)13)14-10-6-11(7-10)15-2/h3-5,10-11,14H,6-7H2,1-2H3. The molecule has 0 aliphatic heterocycles. The van der Waals surface area contributed by atoms with Crippen LogP contribution in [0.3, 0.4) is 0 Å². The largest absolute Gasteiger partial charge is 0.382 e. The van der Waals surface area contributed by atoms with Gasteiger partial charge in [-0.2, -0.15) is 0 Å². The van der Waals surface area contributed by atoms with Crippen molar-refractivity contribution in [2.24, 2.45) is 0 Å². The Bertz CT molecular complexity index is 347. The lowest BCUT2D eigenvalue weighted by molar-refractivity contribution is 0.0329. The number of benzene rings is 1. The van der Waals surface area contributed by atoms with Crippen LogP contribution in [-0.2, 0) is 4.74 Å². The summed E-state index contributed by atoms with van der Waals surface area (Å²) in [7, 11) is 1.78. The lowest BCUT2D eigenvalue weighted by atomic mass is 9.89. The van der Waals surface area contributed by atoms with E-state index >= 15 is 0 Å². The molecule has 1 aliphatic carbocycles. The molecule has 3 heteroatoms. The molecule has 0 unspecified atom stereocenters. The van der Waals surface area contributed by atoms with E-state index in [1.54, 1.807) is 7.11 Å². The Kier molecular flexibility index (Phi) is 3.32. The number of rotatable bonds is 3. The van der Waals surface area contributed by atoms with Crippen molar-refractivity contribution in [3.63, 3.8) is 0 Å². The lowest BCUT2D eigenvalue weighted by Gasteiger charge is -2.35. The molecule has 0 amide bonds. The number of ether oxygens (including phenoxy) is 1. The molecular formula is C12H16BrNO. The van der Waals surface area contributed by atoms with Gasteiger partial charge in [-0.25, -0.2) is 0 Å². The number of hydrogen-bond acceptors (Lipinski definition) is 2. The molecule has 0 aromatic heterocycles. The molecule has 1 aliphatic rings. The maximum absolute atomic E-state index is 5.25. The number of hydrogen-bond donors (Lipinski definition) is 1. The molecule has 0 spiro atoms. The molecule has 1 N–H and O–H groups in total. The molecule has 2 nitrogen and oxygen atoms in total. The topological polar surface area (TPSA) is 21.3 Å². The summed E-state index contributed by atoms with van der Waals surface area (Å²) in [5.74, 6) is 0. The average Bonchev–Trinajstić information content (AvgIpc) is 2.16. The highest BCUT2D eigenvalue weighted by Crippen LogP contribution is 2.27. The van der Waals surface area contributed by atoms with E-state index in [-0.39, 0.29) is 0 Å². The van der Waals surface area contributed by atoms with Crippen molar-refractivity contribution in [2.75, 3.05) is 12.4 Å². The molecule has 2 rings (SSSR count). The molecule has 1 aromatic carbocycles. The van der Waals surface area contributed by atoms with Gasteiger partial charge in [0.25, 0.3) is 0 Å². The van der Waals surface area contributed by atoms with E-state index in [1.807, 2.05) is 0 Å². The molecule has 0 saturated heterocycles.